The molecule has 1 unspecified atom stereocenters. The Morgan fingerprint density at radius 2 is 1.91 bits per heavy atom. The third-order valence-corrected chi connectivity index (χ3v) is 6.23. The first-order valence-corrected chi connectivity index (χ1v) is 11.6. The van der Waals surface area contributed by atoms with Gasteiger partial charge in [0.2, 0.25) is 5.95 Å². The van der Waals surface area contributed by atoms with Gasteiger partial charge in [-0.2, -0.15) is 4.98 Å². The predicted molar refractivity (Wildman–Crippen MR) is 128 cm³/mol. The summed E-state index contributed by atoms with van der Waals surface area (Å²) in [5.41, 5.74) is 1.99. The summed E-state index contributed by atoms with van der Waals surface area (Å²) < 4.78 is 11.8. The zero-order valence-corrected chi connectivity index (χ0v) is 18.6. The summed E-state index contributed by atoms with van der Waals surface area (Å²) in [6, 6.07) is 14.5. The first kappa shape index (κ1) is 20.8. The van der Waals surface area contributed by atoms with Gasteiger partial charge >= 0.3 is 0 Å². The van der Waals surface area contributed by atoms with E-state index in [1.165, 1.54) is 19.3 Å². The van der Waals surface area contributed by atoms with Crippen LogP contribution in [-0.4, -0.2) is 49.3 Å². The molecule has 1 atom stereocenters. The molecule has 2 N–H and O–H groups in total. The van der Waals surface area contributed by atoms with Crippen LogP contribution in [0.5, 0.6) is 11.5 Å². The summed E-state index contributed by atoms with van der Waals surface area (Å²) >= 11 is 0. The zero-order chi connectivity index (χ0) is 21.8. The standard InChI is InChI=1S/C25H31N5O2/c1-31-22-14-20-21(15-23(22)32-17-18-8-3-2-4-9-18)28-25(30-12-5-6-13-30)29-24(20)27-19-10-7-11-26-16-19/h2-4,8-9,14-15,19,26H,5-7,10-13,16-17H2,1H3,(H,27,28,29). The molecule has 3 heterocycles. The van der Waals surface area contributed by atoms with Crippen LogP contribution in [0.25, 0.3) is 10.9 Å². The largest absolute Gasteiger partial charge is 0.493 e. The molecule has 3 aromatic rings. The second kappa shape index (κ2) is 9.61. The summed E-state index contributed by atoms with van der Waals surface area (Å²) in [7, 11) is 1.67. The third kappa shape index (κ3) is 4.58. The number of benzene rings is 2. The van der Waals surface area contributed by atoms with E-state index in [9.17, 15) is 0 Å². The molecule has 32 heavy (non-hydrogen) atoms. The summed E-state index contributed by atoms with van der Waals surface area (Å²) in [5.74, 6) is 3.05. The van der Waals surface area contributed by atoms with Crippen molar-refractivity contribution in [2.75, 3.05) is 43.5 Å². The second-order valence-corrected chi connectivity index (χ2v) is 8.55. The zero-order valence-electron chi connectivity index (χ0n) is 18.6. The minimum Gasteiger partial charge on any atom is -0.493 e. The van der Waals surface area contributed by atoms with Crippen LogP contribution in [0.15, 0.2) is 42.5 Å². The lowest BCUT2D eigenvalue weighted by atomic mass is 10.1. The number of fused-ring (bicyclic) bond motifs is 1. The van der Waals surface area contributed by atoms with E-state index in [2.05, 4.69) is 27.7 Å². The van der Waals surface area contributed by atoms with Gasteiger partial charge in [-0.25, -0.2) is 4.98 Å². The van der Waals surface area contributed by atoms with Crippen molar-refractivity contribution in [3.63, 3.8) is 0 Å². The number of ether oxygens (including phenoxy) is 2. The van der Waals surface area contributed by atoms with Crippen molar-refractivity contribution in [1.82, 2.24) is 15.3 Å². The molecule has 2 aliphatic heterocycles. The molecule has 0 amide bonds. The van der Waals surface area contributed by atoms with Gasteiger partial charge < -0.3 is 25.0 Å². The van der Waals surface area contributed by atoms with Crippen LogP contribution in [0.2, 0.25) is 0 Å². The molecule has 0 saturated carbocycles. The molecule has 0 spiro atoms. The molecule has 0 radical (unpaired) electrons. The number of aromatic nitrogens is 2. The summed E-state index contributed by atoms with van der Waals surface area (Å²) in [5, 5.41) is 8.12. The molecule has 1 aromatic heterocycles. The molecular weight excluding hydrogens is 402 g/mol. The smallest absolute Gasteiger partial charge is 0.227 e. The maximum atomic E-state index is 6.15. The second-order valence-electron chi connectivity index (χ2n) is 8.55. The molecule has 0 bridgehead atoms. The van der Waals surface area contributed by atoms with E-state index < -0.39 is 0 Å². The maximum absolute atomic E-state index is 6.15. The Morgan fingerprint density at radius 3 is 2.66 bits per heavy atom. The number of piperidine rings is 1. The van der Waals surface area contributed by atoms with Gasteiger partial charge in [-0.3, -0.25) is 0 Å². The van der Waals surface area contributed by atoms with Gasteiger partial charge in [-0.05, 0) is 43.9 Å². The molecule has 2 aromatic carbocycles. The van der Waals surface area contributed by atoms with Crippen LogP contribution < -0.4 is 25.0 Å². The minimum atomic E-state index is 0.355. The van der Waals surface area contributed by atoms with Crippen molar-refractivity contribution in [2.24, 2.45) is 0 Å². The van der Waals surface area contributed by atoms with E-state index in [1.807, 2.05) is 30.3 Å². The van der Waals surface area contributed by atoms with E-state index >= 15 is 0 Å². The molecule has 7 nitrogen and oxygen atoms in total. The lowest BCUT2D eigenvalue weighted by Crippen LogP contribution is -2.38. The minimum absolute atomic E-state index is 0.355. The highest BCUT2D eigenvalue weighted by Crippen LogP contribution is 2.36. The van der Waals surface area contributed by atoms with Crippen molar-refractivity contribution in [1.29, 1.82) is 0 Å². The fourth-order valence-corrected chi connectivity index (χ4v) is 4.47. The van der Waals surface area contributed by atoms with Crippen LogP contribution >= 0.6 is 0 Å². The van der Waals surface area contributed by atoms with Crippen molar-refractivity contribution in [3.8, 4) is 11.5 Å². The number of methoxy groups -OCH3 is 1. The monoisotopic (exact) mass is 433 g/mol. The number of rotatable bonds is 7. The van der Waals surface area contributed by atoms with Gasteiger partial charge in [-0.1, -0.05) is 30.3 Å². The van der Waals surface area contributed by atoms with Gasteiger partial charge in [0.1, 0.15) is 12.4 Å². The first-order chi connectivity index (χ1) is 15.8. The normalized spacial score (nSPS) is 18.7. The molecule has 2 fully saturated rings. The topological polar surface area (TPSA) is 71.5 Å². The Labute approximate surface area is 189 Å². The van der Waals surface area contributed by atoms with Gasteiger partial charge in [-0.15, -0.1) is 0 Å². The number of anilines is 2. The number of hydrogen-bond donors (Lipinski definition) is 2. The summed E-state index contributed by atoms with van der Waals surface area (Å²) in [6.45, 7) is 4.51. The molecule has 5 rings (SSSR count). The highest BCUT2D eigenvalue weighted by molar-refractivity contribution is 5.93. The van der Waals surface area contributed by atoms with Gasteiger partial charge in [0, 0.05) is 37.1 Å². The van der Waals surface area contributed by atoms with Crippen LogP contribution in [0, 0.1) is 0 Å². The molecule has 7 heteroatoms. The number of nitrogens with one attached hydrogen (secondary N) is 2. The van der Waals surface area contributed by atoms with Crippen molar-refractivity contribution in [2.45, 2.75) is 38.3 Å². The molecule has 168 valence electrons. The van der Waals surface area contributed by atoms with Crippen molar-refractivity contribution < 1.29 is 9.47 Å². The van der Waals surface area contributed by atoms with E-state index in [1.54, 1.807) is 7.11 Å². The summed E-state index contributed by atoms with van der Waals surface area (Å²) in [4.78, 5) is 12.2. The average molecular weight is 434 g/mol. The quantitative estimate of drug-likeness (QED) is 0.584. The van der Waals surface area contributed by atoms with Crippen LogP contribution in [-0.2, 0) is 6.61 Å². The van der Waals surface area contributed by atoms with Crippen LogP contribution in [0.4, 0.5) is 11.8 Å². The van der Waals surface area contributed by atoms with Crippen molar-refractivity contribution in [3.05, 3.63) is 48.0 Å². The maximum Gasteiger partial charge on any atom is 0.227 e. The fraction of sp³-hybridized carbons (Fsp3) is 0.440. The molecular formula is C25H31N5O2. The number of nitrogens with zero attached hydrogens (tertiary/aromatic N) is 3. The third-order valence-electron chi connectivity index (χ3n) is 6.23. The predicted octanol–water partition coefficient (Wildman–Crippen LogP) is 3.98. The van der Waals surface area contributed by atoms with E-state index in [0.717, 1.165) is 60.8 Å². The van der Waals surface area contributed by atoms with Crippen molar-refractivity contribution >= 4 is 22.7 Å². The number of hydrogen-bond acceptors (Lipinski definition) is 7. The molecule has 0 aliphatic carbocycles. The Hall–Kier alpha value is -3.06. The lowest BCUT2D eigenvalue weighted by molar-refractivity contribution is 0.285. The molecule has 2 saturated heterocycles. The van der Waals surface area contributed by atoms with Crippen LogP contribution in [0.1, 0.15) is 31.2 Å². The highest BCUT2D eigenvalue weighted by Gasteiger charge is 2.21. The first-order valence-electron chi connectivity index (χ1n) is 11.6. The Balaban J connectivity index is 1.51. The highest BCUT2D eigenvalue weighted by atomic mass is 16.5. The van der Waals surface area contributed by atoms with E-state index in [-0.39, 0.29) is 0 Å². The Kier molecular flexibility index (Phi) is 6.25. The average Bonchev–Trinajstić information content (AvgIpc) is 3.38. The Morgan fingerprint density at radius 1 is 1.06 bits per heavy atom. The van der Waals surface area contributed by atoms with Gasteiger partial charge in [0.05, 0.1) is 12.6 Å². The fourth-order valence-electron chi connectivity index (χ4n) is 4.47. The Bertz CT molecular complexity index is 1050. The van der Waals surface area contributed by atoms with E-state index in [0.29, 0.717) is 24.1 Å². The van der Waals surface area contributed by atoms with Gasteiger partial charge in [0.25, 0.3) is 0 Å². The van der Waals surface area contributed by atoms with E-state index in [4.69, 9.17) is 19.4 Å². The lowest BCUT2D eigenvalue weighted by Gasteiger charge is -2.26. The SMILES string of the molecule is COc1cc2c(NC3CCCNC3)nc(N3CCCC3)nc2cc1OCc1ccccc1. The summed E-state index contributed by atoms with van der Waals surface area (Å²) in [6.07, 6.45) is 4.67. The van der Waals surface area contributed by atoms with Gasteiger partial charge in [0.15, 0.2) is 11.5 Å². The van der Waals surface area contributed by atoms with Crippen LogP contribution in [0.3, 0.4) is 0 Å². The molecule has 2 aliphatic rings.